The fourth-order valence-electron chi connectivity index (χ4n) is 0.831. The van der Waals surface area contributed by atoms with Gasteiger partial charge in [0.1, 0.15) is 6.67 Å². The van der Waals surface area contributed by atoms with Crippen molar-refractivity contribution in [1.82, 2.24) is 19.1 Å². The highest BCUT2D eigenvalue weighted by atomic mass is 15.2. The number of aromatic nitrogens is 4. The second-order valence-corrected chi connectivity index (χ2v) is 2.14. The van der Waals surface area contributed by atoms with E-state index in [4.69, 9.17) is 0 Å². The minimum absolute atomic E-state index is 0.667. The van der Waals surface area contributed by atoms with Gasteiger partial charge in [-0.1, -0.05) is 0 Å². The summed E-state index contributed by atoms with van der Waals surface area (Å²) in [6, 6.07) is 0. The van der Waals surface area contributed by atoms with E-state index in [2.05, 4.69) is 22.6 Å². The van der Waals surface area contributed by atoms with Gasteiger partial charge in [-0.15, -0.1) is 0 Å². The van der Waals surface area contributed by atoms with Crippen molar-refractivity contribution < 1.29 is 0 Å². The summed E-state index contributed by atoms with van der Waals surface area (Å²) in [6.07, 6.45) is 12.6. The summed E-state index contributed by atoms with van der Waals surface area (Å²) < 4.78 is 3.64. The molecule has 0 fully saturated rings. The predicted octanol–water partition coefficient (Wildman–Crippen LogP) is 0.186. The molecule has 0 aliphatic rings. The van der Waals surface area contributed by atoms with Crippen LogP contribution < -0.4 is 0 Å². The fraction of sp³-hybridized carbons (Fsp3) is 0.143. The zero-order chi connectivity index (χ0) is 7.52. The first kappa shape index (κ1) is 6.15. The van der Waals surface area contributed by atoms with Crippen molar-refractivity contribution in [3.8, 4) is 0 Å². The summed E-state index contributed by atoms with van der Waals surface area (Å²) >= 11 is 0. The smallest absolute Gasteiger partial charge is 0.177 e. The van der Waals surface area contributed by atoms with Gasteiger partial charge in [0.2, 0.25) is 0 Å². The van der Waals surface area contributed by atoms with Crippen LogP contribution in [0, 0.1) is 12.7 Å². The molecular weight excluding hydrogens is 140 g/mol. The molecule has 0 amide bonds. The summed E-state index contributed by atoms with van der Waals surface area (Å²) in [7, 11) is 0. The summed E-state index contributed by atoms with van der Waals surface area (Å²) in [6.45, 7) is 0.667. The largest absolute Gasteiger partial charge is 0.310 e. The molecule has 0 spiro atoms. The number of hydrogen-bond acceptors (Lipinski definition) is 2. The number of rotatable bonds is 2. The third-order valence-corrected chi connectivity index (χ3v) is 1.32. The monoisotopic (exact) mass is 146 g/mol. The Hall–Kier alpha value is -1.58. The van der Waals surface area contributed by atoms with E-state index in [1.807, 2.05) is 21.5 Å². The molecule has 0 N–H and O–H groups in total. The average molecular weight is 146 g/mol. The van der Waals surface area contributed by atoms with Crippen molar-refractivity contribution in [3.63, 3.8) is 0 Å². The summed E-state index contributed by atoms with van der Waals surface area (Å²) in [5.41, 5.74) is 0. The van der Waals surface area contributed by atoms with E-state index < -0.39 is 0 Å². The molecule has 2 heterocycles. The van der Waals surface area contributed by atoms with Crippen LogP contribution >= 0.6 is 0 Å². The van der Waals surface area contributed by atoms with Gasteiger partial charge in [0.25, 0.3) is 0 Å². The molecule has 0 aromatic carbocycles. The Bertz CT molecular complexity index is 263. The Balaban J connectivity index is 2.14. The van der Waals surface area contributed by atoms with Crippen LogP contribution in [-0.4, -0.2) is 19.1 Å². The lowest BCUT2D eigenvalue weighted by atomic mass is 10.8. The van der Waals surface area contributed by atoms with E-state index in [0.29, 0.717) is 6.67 Å². The van der Waals surface area contributed by atoms with Crippen molar-refractivity contribution in [3.05, 3.63) is 37.4 Å². The van der Waals surface area contributed by atoms with Crippen molar-refractivity contribution in [2.75, 3.05) is 0 Å². The van der Waals surface area contributed by atoms with Crippen LogP contribution in [0.15, 0.2) is 24.8 Å². The minimum atomic E-state index is 0.667. The average Bonchev–Trinajstić information content (AvgIpc) is 2.60. The zero-order valence-electron chi connectivity index (χ0n) is 5.81. The van der Waals surface area contributed by atoms with E-state index in [0.717, 1.165) is 0 Å². The number of hydrogen-bond donors (Lipinski definition) is 0. The Morgan fingerprint density at radius 3 is 1.91 bits per heavy atom. The first-order valence-electron chi connectivity index (χ1n) is 3.23. The highest BCUT2D eigenvalue weighted by molar-refractivity contribution is 4.77. The van der Waals surface area contributed by atoms with Crippen molar-refractivity contribution in [2.24, 2.45) is 0 Å². The van der Waals surface area contributed by atoms with Gasteiger partial charge in [0.15, 0.2) is 12.7 Å². The van der Waals surface area contributed by atoms with Crippen molar-refractivity contribution in [2.45, 2.75) is 6.67 Å². The van der Waals surface area contributed by atoms with E-state index in [1.54, 1.807) is 12.4 Å². The number of imidazole rings is 2. The second-order valence-electron chi connectivity index (χ2n) is 2.14. The van der Waals surface area contributed by atoms with Gasteiger partial charge in [-0.05, 0) is 0 Å². The molecule has 4 heteroatoms. The zero-order valence-corrected chi connectivity index (χ0v) is 5.81. The molecule has 4 nitrogen and oxygen atoms in total. The van der Waals surface area contributed by atoms with Crippen LogP contribution in [0.3, 0.4) is 0 Å². The molecule has 2 rings (SSSR count). The van der Waals surface area contributed by atoms with Gasteiger partial charge in [0.05, 0.1) is 0 Å². The normalized spacial score (nSPS) is 10.2. The van der Waals surface area contributed by atoms with Crippen molar-refractivity contribution in [1.29, 1.82) is 0 Å². The molecule has 54 valence electrons. The lowest BCUT2D eigenvalue weighted by molar-refractivity contribution is 0.599. The van der Waals surface area contributed by atoms with Gasteiger partial charge in [-0.25, -0.2) is 9.97 Å². The molecule has 0 bridgehead atoms. The Morgan fingerprint density at radius 2 is 1.55 bits per heavy atom. The second kappa shape index (κ2) is 2.57. The molecular formula is C7H6N4. The molecule has 0 saturated carbocycles. The Morgan fingerprint density at radius 1 is 1.00 bits per heavy atom. The number of nitrogens with zero attached hydrogens (tertiary/aromatic N) is 4. The van der Waals surface area contributed by atoms with Gasteiger partial charge in [-0.2, -0.15) is 0 Å². The van der Waals surface area contributed by atoms with Gasteiger partial charge < -0.3 is 9.13 Å². The maximum atomic E-state index is 3.79. The van der Waals surface area contributed by atoms with Crippen LogP contribution in [-0.2, 0) is 6.67 Å². The van der Waals surface area contributed by atoms with Crippen LogP contribution in [0.1, 0.15) is 0 Å². The van der Waals surface area contributed by atoms with E-state index >= 15 is 0 Å². The molecule has 11 heavy (non-hydrogen) atoms. The van der Waals surface area contributed by atoms with Gasteiger partial charge in [0, 0.05) is 24.8 Å². The van der Waals surface area contributed by atoms with Gasteiger partial charge >= 0.3 is 0 Å². The standard InChI is InChI=1S/C7H6N4/c1-3-10(5-8-1)7-11-4-2-9-6-11/h1-4H,7H2. The van der Waals surface area contributed by atoms with E-state index in [-0.39, 0.29) is 0 Å². The highest BCUT2D eigenvalue weighted by Gasteiger charge is 1.90. The minimum Gasteiger partial charge on any atom is -0.310 e. The predicted molar refractivity (Wildman–Crippen MR) is 37.5 cm³/mol. The van der Waals surface area contributed by atoms with Crippen LogP contribution in [0.2, 0.25) is 0 Å². The topological polar surface area (TPSA) is 35.6 Å². The molecule has 0 aliphatic carbocycles. The van der Waals surface area contributed by atoms with Gasteiger partial charge in [-0.3, -0.25) is 0 Å². The molecule has 0 aliphatic heterocycles. The van der Waals surface area contributed by atoms with Crippen molar-refractivity contribution >= 4 is 0 Å². The third kappa shape index (κ3) is 1.29. The molecule has 0 unspecified atom stereocenters. The molecule has 0 saturated heterocycles. The summed E-state index contributed by atoms with van der Waals surface area (Å²) in [5.74, 6) is 0. The molecule has 2 radical (unpaired) electrons. The van der Waals surface area contributed by atoms with E-state index in [9.17, 15) is 0 Å². The lowest BCUT2D eigenvalue weighted by Gasteiger charge is -1.99. The quantitative estimate of drug-likeness (QED) is 0.606. The molecule has 2 aromatic rings. The first-order chi connectivity index (χ1) is 5.45. The first-order valence-corrected chi connectivity index (χ1v) is 3.23. The van der Waals surface area contributed by atoms with Crippen LogP contribution in [0.4, 0.5) is 0 Å². The maximum absolute atomic E-state index is 3.79. The molecule has 2 aromatic heterocycles. The van der Waals surface area contributed by atoms with Crippen LogP contribution in [0.5, 0.6) is 0 Å². The SMILES string of the molecule is [c]1nccn1Cn1[c]ncc1. The third-order valence-electron chi connectivity index (χ3n) is 1.32. The highest BCUT2D eigenvalue weighted by Crippen LogP contribution is 1.88. The Kier molecular flexibility index (Phi) is 1.44. The maximum Gasteiger partial charge on any atom is 0.177 e. The fourth-order valence-corrected chi connectivity index (χ4v) is 0.831. The molecule has 0 atom stereocenters. The Labute approximate surface area is 64.1 Å². The van der Waals surface area contributed by atoms with E-state index in [1.165, 1.54) is 0 Å². The summed E-state index contributed by atoms with van der Waals surface area (Å²) in [4.78, 5) is 7.59. The van der Waals surface area contributed by atoms with Crippen LogP contribution in [0.25, 0.3) is 0 Å². The lowest BCUT2D eigenvalue weighted by Crippen LogP contribution is -2.03. The summed E-state index contributed by atoms with van der Waals surface area (Å²) in [5, 5.41) is 0.